The molecule has 0 aromatic carbocycles. The smallest absolute Gasteiger partial charge is 0.338 e. The van der Waals surface area contributed by atoms with Gasteiger partial charge in [-0.05, 0) is 25.7 Å². The van der Waals surface area contributed by atoms with Crippen molar-refractivity contribution in [3.05, 3.63) is 24.5 Å². The Balaban J connectivity index is 2.50. The van der Waals surface area contributed by atoms with Crippen LogP contribution in [0.4, 0.5) is 0 Å². The molecule has 0 heterocycles. The second kappa shape index (κ2) is 3.96. The normalized spacial score (nSPS) is 16.9. The summed E-state index contributed by atoms with van der Waals surface area (Å²) in [5.41, 5.74) is 0.802. The standard InChI is InChI=1S/C9H12O2/c1-2-11-9(10)8-6-4-3-5-7-8/h2,6H,1,3-5,7H2. The highest BCUT2D eigenvalue weighted by Gasteiger charge is 2.11. The van der Waals surface area contributed by atoms with E-state index in [1.54, 1.807) is 0 Å². The molecule has 60 valence electrons. The number of rotatable bonds is 2. The molecule has 1 rings (SSSR count). The van der Waals surface area contributed by atoms with E-state index in [2.05, 4.69) is 11.3 Å². The molecular weight excluding hydrogens is 140 g/mol. The van der Waals surface area contributed by atoms with Crippen LogP contribution in [0.2, 0.25) is 0 Å². The minimum Gasteiger partial charge on any atom is -0.432 e. The molecule has 0 aliphatic heterocycles. The van der Waals surface area contributed by atoms with Crippen molar-refractivity contribution in [1.82, 2.24) is 0 Å². The van der Waals surface area contributed by atoms with Crippen LogP contribution in [0, 0.1) is 0 Å². The fourth-order valence-corrected chi connectivity index (χ4v) is 1.17. The van der Waals surface area contributed by atoms with Crippen LogP contribution in [0.15, 0.2) is 24.5 Å². The largest absolute Gasteiger partial charge is 0.432 e. The van der Waals surface area contributed by atoms with E-state index in [0.29, 0.717) is 0 Å². The van der Waals surface area contributed by atoms with Gasteiger partial charge < -0.3 is 4.74 Å². The maximum atomic E-state index is 11.0. The lowest BCUT2D eigenvalue weighted by atomic mass is 10.00. The van der Waals surface area contributed by atoms with E-state index in [9.17, 15) is 4.79 Å². The second-order valence-electron chi connectivity index (χ2n) is 2.55. The first-order valence-corrected chi connectivity index (χ1v) is 3.85. The van der Waals surface area contributed by atoms with Crippen LogP contribution in [0.5, 0.6) is 0 Å². The Morgan fingerprint density at radius 3 is 3.00 bits per heavy atom. The zero-order valence-corrected chi connectivity index (χ0v) is 6.51. The highest BCUT2D eigenvalue weighted by atomic mass is 16.5. The fraction of sp³-hybridized carbons (Fsp3) is 0.444. The lowest BCUT2D eigenvalue weighted by Crippen LogP contribution is -2.06. The van der Waals surface area contributed by atoms with Crippen LogP contribution in [0.1, 0.15) is 25.7 Å². The number of hydrogen-bond acceptors (Lipinski definition) is 2. The summed E-state index contributed by atoms with van der Waals surface area (Å²) in [4.78, 5) is 11.0. The molecule has 1 aliphatic carbocycles. The summed E-state index contributed by atoms with van der Waals surface area (Å²) in [6, 6.07) is 0. The number of carbonyl (C=O) groups is 1. The van der Waals surface area contributed by atoms with Gasteiger partial charge in [0.25, 0.3) is 0 Å². The van der Waals surface area contributed by atoms with Gasteiger partial charge in [0.15, 0.2) is 0 Å². The lowest BCUT2D eigenvalue weighted by Gasteiger charge is -2.09. The summed E-state index contributed by atoms with van der Waals surface area (Å²) in [5.74, 6) is -0.236. The first-order chi connectivity index (χ1) is 5.34. The number of hydrogen-bond donors (Lipinski definition) is 0. The van der Waals surface area contributed by atoms with Gasteiger partial charge in [0.2, 0.25) is 0 Å². The highest BCUT2D eigenvalue weighted by Crippen LogP contribution is 2.18. The highest BCUT2D eigenvalue weighted by molar-refractivity contribution is 5.88. The van der Waals surface area contributed by atoms with Crippen molar-refractivity contribution in [3.63, 3.8) is 0 Å². The molecule has 0 bridgehead atoms. The third-order valence-corrected chi connectivity index (χ3v) is 1.74. The SMILES string of the molecule is C=COC(=O)C1=CCCCC1. The summed E-state index contributed by atoms with van der Waals surface area (Å²) in [7, 11) is 0. The Morgan fingerprint density at radius 1 is 1.64 bits per heavy atom. The van der Waals surface area contributed by atoms with Crippen molar-refractivity contribution >= 4 is 5.97 Å². The second-order valence-corrected chi connectivity index (χ2v) is 2.55. The zero-order valence-electron chi connectivity index (χ0n) is 6.51. The number of carbonyl (C=O) groups excluding carboxylic acids is 1. The van der Waals surface area contributed by atoms with E-state index in [4.69, 9.17) is 0 Å². The van der Waals surface area contributed by atoms with Gasteiger partial charge in [-0.3, -0.25) is 0 Å². The quantitative estimate of drug-likeness (QED) is 0.447. The lowest BCUT2D eigenvalue weighted by molar-refractivity contribution is -0.133. The Morgan fingerprint density at radius 2 is 2.45 bits per heavy atom. The molecule has 0 saturated heterocycles. The maximum Gasteiger partial charge on any atom is 0.338 e. The Kier molecular flexibility index (Phi) is 2.90. The van der Waals surface area contributed by atoms with Crippen molar-refractivity contribution < 1.29 is 9.53 Å². The summed E-state index contributed by atoms with van der Waals surface area (Å²) in [5, 5.41) is 0. The van der Waals surface area contributed by atoms with Crippen molar-refractivity contribution in [3.8, 4) is 0 Å². The van der Waals surface area contributed by atoms with Gasteiger partial charge in [0.05, 0.1) is 6.26 Å². The Bertz CT molecular complexity index is 192. The molecule has 2 heteroatoms. The number of allylic oxidation sites excluding steroid dienone is 1. The van der Waals surface area contributed by atoms with Crippen molar-refractivity contribution in [2.45, 2.75) is 25.7 Å². The van der Waals surface area contributed by atoms with Gasteiger partial charge in [-0.2, -0.15) is 0 Å². The molecule has 0 aromatic heterocycles. The van der Waals surface area contributed by atoms with Gasteiger partial charge in [0.1, 0.15) is 0 Å². The number of esters is 1. The van der Waals surface area contributed by atoms with Gasteiger partial charge in [-0.1, -0.05) is 12.7 Å². The molecule has 0 spiro atoms. The van der Waals surface area contributed by atoms with E-state index in [1.165, 1.54) is 12.7 Å². The minimum absolute atomic E-state index is 0.236. The van der Waals surface area contributed by atoms with E-state index in [1.807, 2.05) is 6.08 Å². The molecule has 0 radical (unpaired) electrons. The summed E-state index contributed by atoms with van der Waals surface area (Å²) in [6.07, 6.45) is 7.27. The van der Waals surface area contributed by atoms with Gasteiger partial charge in [0, 0.05) is 5.57 Å². The summed E-state index contributed by atoms with van der Waals surface area (Å²) in [6.45, 7) is 3.33. The van der Waals surface area contributed by atoms with Gasteiger partial charge in [-0.25, -0.2) is 4.79 Å². The molecule has 0 atom stereocenters. The number of ether oxygens (including phenoxy) is 1. The predicted octanol–water partition coefficient (Wildman–Crippen LogP) is 2.17. The van der Waals surface area contributed by atoms with Crippen LogP contribution >= 0.6 is 0 Å². The fourth-order valence-electron chi connectivity index (χ4n) is 1.17. The van der Waals surface area contributed by atoms with Crippen molar-refractivity contribution in [2.24, 2.45) is 0 Å². The molecule has 0 unspecified atom stereocenters. The van der Waals surface area contributed by atoms with Crippen LogP contribution in [-0.2, 0) is 9.53 Å². The predicted molar refractivity (Wildman–Crippen MR) is 42.8 cm³/mol. The molecule has 0 N–H and O–H groups in total. The first-order valence-electron chi connectivity index (χ1n) is 3.85. The molecule has 2 nitrogen and oxygen atoms in total. The molecule has 0 saturated carbocycles. The molecule has 11 heavy (non-hydrogen) atoms. The molecule has 0 aromatic rings. The van der Waals surface area contributed by atoms with Gasteiger partial charge in [-0.15, -0.1) is 0 Å². The molecule has 0 amide bonds. The monoisotopic (exact) mass is 152 g/mol. The van der Waals surface area contributed by atoms with Crippen LogP contribution in [0.25, 0.3) is 0 Å². The summed E-state index contributed by atoms with van der Waals surface area (Å²) >= 11 is 0. The maximum absolute atomic E-state index is 11.0. The third kappa shape index (κ3) is 2.22. The van der Waals surface area contributed by atoms with E-state index < -0.39 is 0 Å². The van der Waals surface area contributed by atoms with Crippen LogP contribution < -0.4 is 0 Å². The third-order valence-electron chi connectivity index (χ3n) is 1.74. The van der Waals surface area contributed by atoms with Crippen molar-refractivity contribution in [2.75, 3.05) is 0 Å². The van der Waals surface area contributed by atoms with E-state index >= 15 is 0 Å². The van der Waals surface area contributed by atoms with Crippen LogP contribution in [-0.4, -0.2) is 5.97 Å². The topological polar surface area (TPSA) is 26.3 Å². The average molecular weight is 152 g/mol. The van der Waals surface area contributed by atoms with Gasteiger partial charge >= 0.3 is 5.97 Å². The molecule has 0 fully saturated rings. The van der Waals surface area contributed by atoms with E-state index in [0.717, 1.165) is 24.8 Å². The zero-order chi connectivity index (χ0) is 8.10. The Labute approximate surface area is 66.5 Å². The average Bonchev–Trinajstić information content (AvgIpc) is 2.07. The first kappa shape index (κ1) is 8.05. The Hall–Kier alpha value is -1.05. The van der Waals surface area contributed by atoms with Crippen LogP contribution in [0.3, 0.4) is 0 Å². The van der Waals surface area contributed by atoms with Crippen molar-refractivity contribution in [1.29, 1.82) is 0 Å². The summed E-state index contributed by atoms with van der Waals surface area (Å²) < 4.78 is 4.64. The minimum atomic E-state index is -0.236. The van der Waals surface area contributed by atoms with E-state index in [-0.39, 0.29) is 5.97 Å². The molecule has 1 aliphatic rings. The molecular formula is C9H12O2.